The second kappa shape index (κ2) is 4.42. The van der Waals surface area contributed by atoms with Crippen LogP contribution < -0.4 is 4.90 Å². The lowest BCUT2D eigenvalue weighted by Crippen LogP contribution is -2.36. The van der Waals surface area contributed by atoms with Crippen LogP contribution in [0.2, 0.25) is 5.02 Å². The maximum atomic E-state index is 6.29. The Morgan fingerprint density at radius 2 is 1.87 bits per heavy atom. The van der Waals surface area contributed by atoms with Crippen molar-refractivity contribution in [2.24, 2.45) is 0 Å². The van der Waals surface area contributed by atoms with Gasteiger partial charge in [-0.2, -0.15) is 0 Å². The van der Waals surface area contributed by atoms with E-state index in [2.05, 4.69) is 24.8 Å². The number of hydrogen-bond acceptors (Lipinski definition) is 2. The normalized spacial score (nSPS) is 16.9. The molecule has 0 unspecified atom stereocenters. The number of benzene rings is 1. The van der Waals surface area contributed by atoms with E-state index in [1.807, 2.05) is 6.07 Å². The van der Waals surface area contributed by atoms with Gasteiger partial charge in [0.2, 0.25) is 0 Å². The fourth-order valence-electron chi connectivity index (χ4n) is 2.10. The molecule has 3 heteroatoms. The minimum Gasteiger partial charge on any atom is -0.378 e. The fourth-order valence-corrected chi connectivity index (χ4v) is 2.54. The summed E-state index contributed by atoms with van der Waals surface area (Å²) in [6.45, 7) is 7.65. The van der Waals surface area contributed by atoms with Crippen LogP contribution in [0.3, 0.4) is 0 Å². The molecule has 1 aliphatic heterocycles. The van der Waals surface area contributed by atoms with E-state index in [9.17, 15) is 0 Å². The Morgan fingerprint density at radius 3 is 2.47 bits per heavy atom. The summed E-state index contributed by atoms with van der Waals surface area (Å²) in [6, 6.07) is 4.20. The van der Waals surface area contributed by atoms with Gasteiger partial charge < -0.3 is 9.64 Å². The predicted octanol–water partition coefficient (Wildman–Crippen LogP) is 2.79. The lowest BCUT2D eigenvalue weighted by molar-refractivity contribution is 0.122. The number of anilines is 1. The third-order valence-electron chi connectivity index (χ3n) is 2.73. The van der Waals surface area contributed by atoms with Crippen molar-refractivity contribution in [1.82, 2.24) is 0 Å². The number of rotatable bonds is 1. The Hall–Kier alpha value is -0.730. The molecule has 0 aliphatic carbocycles. The second-order valence-electron chi connectivity index (χ2n) is 4.01. The molecule has 0 amide bonds. The zero-order valence-electron chi connectivity index (χ0n) is 9.22. The fraction of sp³-hybridized carbons (Fsp3) is 0.500. The highest BCUT2D eigenvalue weighted by molar-refractivity contribution is 6.33. The summed E-state index contributed by atoms with van der Waals surface area (Å²) in [5.74, 6) is 0. The zero-order chi connectivity index (χ0) is 10.8. The van der Waals surface area contributed by atoms with E-state index in [1.165, 1.54) is 16.8 Å². The van der Waals surface area contributed by atoms with E-state index < -0.39 is 0 Å². The van der Waals surface area contributed by atoms with Crippen LogP contribution in [0.1, 0.15) is 11.1 Å². The maximum absolute atomic E-state index is 6.29. The average molecular weight is 226 g/mol. The lowest BCUT2D eigenvalue weighted by atomic mass is 10.1. The van der Waals surface area contributed by atoms with Gasteiger partial charge in [0.1, 0.15) is 0 Å². The van der Waals surface area contributed by atoms with Crippen molar-refractivity contribution < 1.29 is 4.74 Å². The van der Waals surface area contributed by atoms with E-state index in [4.69, 9.17) is 16.3 Å². The molecule has 1 aromatic carbocycles. The molecule has 1 fully saturated rings. The highest BCUT2D eigenvalue weighted by atomic mass is 35.5. The number of ether oxygens (including phenoxy) is 1. The topological polar surface area (TPSA) is 12.5 Å². The highest BCUT2D eigenvalue weighted by Gasteiger charge is 2.16. The van der Waals surface area contributed by atoms with Gasteiger partial charge in [0.05, 0.1) is 23.9 Å². The van der Waals surface area contributed by atoms with Gasteiger partial charge in [-0.05, 0) is 31.0 Å². The van der Waals surface area contributed by atoms with Gasteiger partial charge in [-0.3, -0.25) is 0 Å². The van der Waals surface area contributed by atoms with Crippen LogP contribution in [0.5, 0.6) is 0 Å². The van der Waals surface area contributed by atoms with Crippen molar-refractivity contribution in [2.75, 3.05) is 31.2 Å². The zero-order valence-corrected chi connectivity index (χ0v) is 9.97. The Kier molecular flexibility index (Phi) is 3.17. The molecule has 0 spiro atoms. The number of nitrogens with zero attached hydrogens (tertiary/aromatic N) is 1. The standard InChI is InChI=1S/C12H16ClNO/c1-9-7-10(2)12(11(13)8-9)14-3-5-15-6-4-14/h7-8H,3-6H2,1-2H3. The van der Waals surface area contributed by atoms with Gasteiger partial charge >= 0.3 is 0 Å². The molecule has 0 saturated carbocycles. The Bertz CT molecular complexity index is 336. The molecule has 1 saturated heterocycles. The van der Waals surface area contributed by atoms with E-state index in [1.54, 1.807) is 0 Å². The van der Waals surface area contributed by atoms with Crippen molar-refractivity contribution in [3.63, 3.8) is 0 Å². The molecular weight excluding hydrogens is 210 g/mol. The van der Waals surface area contributed by atoms with Crippen LogP contribution in [0.4, 0.5) is 5.69 Å². The highest BCUT2D eigenvalue weighted by Crippen LogP contribution is 2.31. The summed E-state index contributed by atoms with van der Waals surface area (Å²) < 4.78 is 5.34. The van der Waals surface area contributed by atoms with E-state index in [0.717, 1.165) is 31.3 Å². The van der Waals surface area contributed by atoms with Crippen molar-refractivity contribution >= 4 is 17.3 Å². The smallest absolute Gasteiger partial charge is 0.0644 e. The van der Waals surface area contributed by atoms with Crippen LogP contribution in [-0.4, -0.2) is 26.3 Å². The second-order valence-corrected chi connectivity index (χ2v) is 4.42. The minimum atomic E-state index is 0.795. The summed E-state index contributed by atoms with van der Waals surface area (Å²) in [7, 11) is 0. The third-order valence-corrected chi connectivity index (χ3v) is 3.01. The summed E-state index contributed by atoms with van der Waals surface area (Å²) in [6.07, 6.45) is 0. The summed E-state index contributed by atoms with van der Waals surface area (Å²) >= 11 is 6.29. The predicted molar refractivity (Wildman–Crippen MR) is 64.0 cm³/mol. The molecule has 0 aromatic heterocycles. The van der Waals surface area contributed by atoms with Crippen molar-refractivity contribution in [2.45, 2.75) is 13.8 Å². The first kappa shape index (κ1) is 10.8. The Morgan fingerprint density at radius 1 is 1.20 bits per heavy atom. The van der Waals surface area contributed by atoms with E-state index in [-0.39, 0.29) is 0 Å². The molecule has 1 aromatic rings. The average Bonchev–Trinajstić information content (AvgIpc) is 2.17. The summed E-state index contributed by atoms with van der Waals surface area (Å²) in [4.78, 5) is 2.31. The molecule has 15 heavy (non-hydrogen) atoms. The molecule has 0 N–H and O–H groups in total. The first-order valence-corrected chi connectivity index (χ1v) is 5.66. The Balaban J connectivity index is 2.33. The Labute approximate surface area is 95.8 Å². The first-order valence-electron chi connectivity index (χ1n) is 5.28. The molecule has 1 aliphatic rings. The first-order chi connectivity index (χ1) is 7.18. The lowest BCUT2D eigenvalue weighted by Gasteiger charge is -2.31. The quantitative estimate of drug-likeness (QED) is 0.729. The van der Waals surface area contributed by atoms with Crippen LogP contribution in [0.15, 0.2) is 12.1 Å². The monoisotopic (exact) mass is 225 g/mol. The largest absolute Gasteiger partial charge is 0.378 e. The third kappa shape index (κ3) is 2.27. The van der Waals surface area contributed by atoms with E-state index >= 15 is 0 Å². The summed E-state index contributed by atoms with van der Waals surface area (Å²) in [5.41, 5.74) is 3.64. The molecule has 1 heterocycles. The van der Waals surface area contributed by atoms with Crippen molar-refractivity contribution in [3.8, 4) is 0 Å². The van der Waals surface area contributed by atoms with Crippen molar-refractivity contribution in [1.29, 1.82) is 0 Å². The minimum absolute atomic E-state index is 0.795. The molecule has 0 atom stereocenters. The summed E-state index contributed by atoms with van der Waals surface area (Å²) in [5, 5.41) is 0.856. The van der Waals surface area contributed by atoms with Gasteiger partial charge in [0, 0.05) is 13.1 Å². The van der Waals surface area contributed by atoms with Gasteiger partial charge in [-0.1, -0.05) is 17.7 Å². The van der Waals surface area contributed by atoms with Crippen LogP contribution >= 0.6 is 11.6 Å². The molecule has 2 nitrogen and oxygen atoms in total. The van der Waals surface area contributed by atoms with Gasteiger partial charge in [0.25, 0.3) is 0 Å². The van der Waals surface area contributed by atoms with Crippen LogP contribution in [-0.2, 0) is 4.74 Å². The number of aryl methyl sites for hydroxylation is 2. The molecular formula is C12H16ClNO. The van der Waals surface area contributed by atoms with E-state index in [0.29, 0.717) is 0 Å². The van der Waals surface area contributed by atoms with Crippen molar-refractivity contribution in [3.05, 3.63) is 28.3 Å². The molecule has 0 radical (unpaired) electrons. The van der Waals surface area contributed by atoms with Gasteiger partial charge in [-0.25, -0.2) is 0 Å². The van der Waals surface area contributed by atoms with Gasteiger partial charge in [-0.15, -0.1) is 0 Å². The van der Waals surface area contributed by atoms with Crippen LogP contribution in [0, 0.1) is 13.8 Å². The van der Waals surface area contributed by atoms with Crippen LogP contribution in [0.25, 0.3) is 0 Å². The molecule has 2 rings (SSSR count). The maximum Gasteiger partial charge on any atom is 0.0644 e. The number of morpholine rings is 1. The SMILES string of the molecule is Cc1cc(C)c(N2CCOCC2)c(Cl)c1. The number of hydrogen-bond donors (Lipinski definition) is 0. The number of halogens is 1. The molecule has 0 bridgehead atoms. The van der Waals surface area contributed by atoms with Gasteiger partial charge in [0.15, 0.2) is 0 Å². The molecule has 82 valence electrons.